The van der Waals surface area contributed by atoms with Crippen LogP contribution in [-0.2, 0) is 14.3 Å². The van der Waals surface area contributed by atoms with E-state index in [0.717, 1.165) is 5.57 Å². The van der Waals surface area contributed by atoms with Crippen LogP contribution in [0.5, 0.6) is 0 Å². The summed E-state index contributed by atoms with van der Waals surface area (Å²) in [5.74, 6) is -1.48. The number of ether oxygens (including phenoxy) is 2. The van der Waals surface area contributed by atoms with Crippen molar-refractivity contribution in [2.75, 3.05) is 26.3 Å². The van der Waals surface area contributed by atoms with E-state index in [0.29, 0.717) is 24.3 Å². The maximum absolute atomic E-state index is 12.3. The molecule has 1 amide bonds. The minimum Gasteiger partial charge on any atom is -0.461 e. The molecule has 1 aromatic heterocycles. The van der Waals surface area contributed by atoms with Crippen LogP contribution < -0.4 is 0 Å². The number of carbonyl (C=O) groups excluding carboxylic acids is 3. The summed E-state index contributed by atoms with van der Waals surface area (Å²) in [6.07, 6.45) is 0. The molecule has 1 heterocycles. The van der Waals surface area contributed by atoms with Gasteiger partial charge in [0.25, 0.3) is 5.91 Å². The van der Waals surface area contributed by atoms with Gasteiger partial charge >= 0.3 is 11.9 Å². The lowest BCUT2D eigenvalue weighted by Gasteiger charge is -2.20. The second-order valence-corrected chi connectivity index (χ2v) is 5.79. The van der Waals surface area contributed by atoms with Gasteiger partial charge < -0.3 is 19.4 Å². The van der Waals surface area contributed by atoms with Gasteiger partial charge in [0.1, 0.15) is 5.69 Å². The summed E-state index contributed by atoms with van der Waals surface area (Å²) in [4.78, 5) is 40.7. The van der Waals surface area contributed by atoms with Crippen molar-refractivity contribution in [3.8, 4) is 0 Å². The SMILES string of the molecule is C=C(C)CN(CC)C(=O)COC(=O)c1c(C)[nH]c(C(=O)OCC)c1C. The lowest BCUT2D eigenvalue weighted by molar-refractivity contribution is -0.133. The fourth-order valence-electron chi connectivity index (χ4n) is 2.46. The van der Waals surface area contributed by atoms with E-state index in [9.17, 15) is 14.4 Å². The number of amides is 1. The minimum atomic E-state index is -0.651. The van der Waals surface area contributed by atoms with Crippen molar-refractivity contribution in [3.05, 3.63) is 34.7 Å². The topological polar surface area (TPSA) is 88.7 Å². The molecule has 0 radical (unpaired) electrons. The van der Waals surface area contributed by atoms with E-state index < -0.39 is 11.9 Å². The van der Waals surface area contributed by atoms with E-state index in [1.165, 1.54) is 0 Å². The number of carbonyl (C=O) groups is 3. The molecule has 0 fully saturated rings. The molecule has 0 saturated carbocycles. The monoisotopic (exact) mass is 350 g/mol. The van der Waals surface area contributed by atoms with Crippen LogP contribution in [0.3, 0.4) is 0 Å². The summed E-state index contributed by atoms with van der Waals surface area (Å²) >= 11 is 0. The summed E-state index contributed by atoms with van der Waals surface area (Å²) in [5.41, 5.74) is 2.25. The average molecular weight is 350 g/mol. The quantitative estimate of drug-likeness (QED) is 0.574. The number of aromatic amines is 1. The predicted molar refractivity (Wildman–Crippen MR) is 93.6 cm³/mol. The lowest BCUT2D eigenvalue weighted by Crippen LogP contribution is -2.35. The Morgan fingerprint density at radius 3 is 2.28 bits per heavy atom. The van der Waals surface area contributed by atoms with Crippen LogP contribution in [0.25, 0.3) is 0 Å². The van der Waals surface area contributed by atoms with E-state index >= 15 is 0 Å². The molecule has 1 rings (SSSR count). The van der Waals surface area contributed by atoms with E-state index in [1.54, 1.807) is 25.7 Å². The highest BCUT2D eigenvalue weighted by Crippen LogP contribution is 2.20. The van der Waals surface area contributed by atoms with Gasteiger partial charge in [-0.1, -0.05) is 12.2 Å². The molecule has 7 nitrogen and oxygen atoms in total. The fourth-order valence-corrected chi connectivity index (χ4v) is 2.46. The summed E-state index contributed by atoms with van der Waals surface area (Å²) in [6.45, 7) is 13.2. The average Bonchev–Trinajstić information content (AvgIpc) is 2.84. The number of nitrogens with one attached hydrogen (secondary N) is 1. The van der Waals surface area contributed by atoms with Gasteiger partial charge in [0.2, 0.25) is 0 Å². The number of rotatable bonds is 8. The smallest absolute Gasteiger partial charge is 0.355 e. The Bertz CT molecular complexity index is 675. The van der Waals surface area contributed by atoms with Crippen LogP contribution in [0, 0.1) is 13.8 Å². The Kier molecular flexibility index (Phi) is 7.42. The summed E-state index contributed by atoms with van der Waals surface area (Å²) < 4.78 is 10.1. The lowest BCUT2D eigenvalue weighted by atomic mass is 10.1. The Labute approximate surface area is 148 Å². The van der Waals surface area contributed by atoms with Crippen molar-refractivity contribution < 1.29 is 23.9 Å². The van der Waals surface area contributed by atoms with Gasteiger partial charge in [0.05, 0.1) is 12.2 Å². The van der Waals surface area contributed by atoms with Gasteiger partial charge in [-0.25, -0.2) is 9.59 Å². The highest BCUT2D eigenvalue weighted by Gasteiger charge is 2.24. The fraction of sp³-hybridized carbons (Fsp3) is 0.500. The van der Waals surface area contributed by atoms with Crippen molar-refractivity contribution in [2.24, 2.45) is 0 Å². The molecule has 0 aliphatic heterocycles. The van der Waals surface area contributed by atoms with E-state index in [2.05, 4.69) is 11.6 Å². The van der Waals surface area contributed by atoms with Crippen molar-refractivity contribution in [3.63, 3.8) is 0 Å². The van der Waals surface area contributed by atoms with Crippen LogP contribution >= 0.6 is 0 Å². The zero-order chi connectivity index (χ0) is 19.1. The van der Waals surface area contributed by atoms with Crippen molar-refractivity contribution in [1.29, 1.82) is 0 Å². The van der Waals surface area contributed by atoms with Crippen molar-refractivity contribution in [2.45, 2.75) is 34.6 Å². The number of nitrogens with zero attached hydrogens (tertiary/aromatic N) is 1. The van der Waals surface area contributed by atoms with Crippen LogP contribution in [0.2, 0.25) is 0 Å². The molecule has 1 aromatic rings. The van der Waals surface area contributed by atoms with E-state index in [-0.39, 0.29) is 30.4 Å². The number of hydrogen-bond donors (Lipinski definition) is 1. The number of aromatic nitrogens is 1. The number of esters is 2. The summed E-state index contributed by atoms with van der Waals surface area (Å²) in [5, 5.41) is 0. The van der Waals surface area contributed by atoms with Crippen LogP contribution in [0.1, 0.15) is 52.9 Å². The van der Waals surface area contributed by atoms with Gasteiger partial charge in [-0.2, -0.15) is 0 Å². The zero-order valence-electron chi connectivity index (χ0n) is 15.5. The molecule has 0 spiro atoms. The maximum atomic E-state index is 12.3. The van der Waals surface area contributed by atoms with Crippen LogP contribution in [0.4, 0.5) is 0 Å². The third-order valence-corrected chi connectivity index (χ3v) is 3.64. The van der Waals surface area contributed by atoms with Crippen molar-refractivity contribution >= 4 is 17.8 Å². The molecule has 1 N–H and O–H groups in total. The Morgan fingerprint density at radius 1 is 1.12 bits per heavy atom. The first-order valence-electron chi connectivity index (χ1n) is 8.18. The van der Waals surface area contributed by atoms with Crippen LogP contribution in [0.15, 0.2) is 12.2 Å². The molecule has 0 atom stereocenters. The predicted octanol–water partition coefficient (Wildman–Crippen LogP) is 2.39. The Morgan fingerprint density at radius 2 is 1.76 bits per heavy atom. The Hall–Kier alpha value is -2.57. The molecular weight excluding hydrogens is 324 g/mol. The molecule has 0 aliphatic rings. The molecule has 25 heavy (non-hydrogen) atoms. The number of aryl methyl sites for hydroxylation is 1. The first kappa shape index (κ1) is 20.5. The van der Waals surface area contributed by atoms with Gasteiger partial charge in [0, 0.05) is 18.8 Å². The van der Waals surface area contributed by atoms with Crippen molar-refractivity contribution in [1.82, 2.24) is 9.88 Å². The van der Waals surface area contributed by atoms with Gasteiger partial charge in [-0.3, -0.25) is 4.79 Å². The molecule has 7 heteroatoms. The van der Waals surface area contributed by atoms with E-state index in [4.69, 9.17) is 9.47 Å². The molecule has 0 aliphatic carbocycles. The first-order valence-corrected chi connectivity index (χ1v) is 8.18. The number of hydrogen-bond acceptors (Lipinski definition) is 5. The molecular formula is C18H26N2O5. The standard InChI is InChI=1S/C18H26N2O5/c1-7-20(9-11(3)4)14(21)10-25-17(22)15-12(5)16(19-13(15)6)18(23)24-8-2/h19H,3,7-10H2,1-2,4-6H3. The highest BCUT2D eigenvalue weighted by molar-refractivity contribution is 5.99. The third kappa shape index (κ3) is 5.20. The largest absolute Gasteiger partial charge is 0.461 e. The minimum absolute atomic E-state index is 0.218. The third-order valence-electron chi connectivity index (χ3n) is 3.64. The summed E-state index contributed by atoms with van der Waals surface area (Å²) in [7, 11) is 0. The van der Waals surface area contributed by atoms with Gasteiger partial charge in [-0.05, 0) is 40.2 Å². The number of likely N-dealkylation sites (N-methyl/N-ethyl adjacent to an activating group) is 1. The Balaban J connectivity index is 2.83. The molecule has 0 aromatic carbocycles. The van der Waals surface area contributed by atoms with Gasteiger partial charge in [0.15, 0.2) is 6.61 Å². The highest BCUT2D eigenvalue weighted by atomic mass is 16.5. The molecule has 138 valence electrons. The zero-order valence-corrected chi connectivity index (χ0v) is 15.5. The maximum Gasteiger partial charge on any atom is 0.355 e. The van der Waals surface area contributed by atoms with E-state index in [1.807, 2.05) is 13.8 Å². The summed E-state index contributed by atoms with van der Waals surface area (Å²) in [6, 6.07) is 0. The first-order chi connectivity index (χ1) is 11.7. The second-order valence-electron chi connectivity index (χ2n) is 5.79. The van der Waals surface area contributed by atoms with Crippen LogP contribution in [-0.4, -0.2) is 54.0 Å². The molecule has 0 saturated heterocycles. The number of H-pyrrole nitrogens is 1. The molecule has 0 unspecified atom stereocenters. The normalized spacial score (nSPS) is 10.3. The second kappa shape index (κ2) is 9.05. The van der Waals surface area contributed by atoms with Gasteiger partial charge in [-0.15, -0.1) is 0 Å². The molecule has 0 bridgehead atoms.